The number of carbonyl (C=O) groups is 2. The number of allylic oxidation sites excluding steroid dienone is 5. The monoisotopic (exact) mass is 485 g/mol. The topological polar surface area (TPSA) is 104 Å². The number of nitrogens with zero attached hydrogens (tertiary/aromatic N) is 2. The molecule has 0 atom stereocenters. The largest absolute Gasteiger partial charge is 0.462 e. The third kappa shape index (κ3) is 5.61. The number of rotatable bonds is 11. The molecule has 2 aromatic rings. The summed E-state index contributed by atoms with van der Waals surface area (Å²) in [5.74, 6) is -0.981. The summed E-state index contributed by atoms with van der Waals surface area (Å²) in [6, 6.07) is 0. The van der Waals surface area contributed by atoms with Gasteiger partial charge in [-0.25, -0.2) is 9.78 Å². The van der Waals surface area contributed by atoms with E-state index in [1.54, 1.807) is 39.0 Å². The molecule has 7 nitrogen and oxygen atoms in total. The van der Waals surface area contributed by atoms with E-state index in [0.29, 0.717) is 32.1 Å². The summed E-state index contributed by atoms with van der Waals surface area (Å²) in [6.45, 7) is 16.8. The molecule has 33 heavy (non-hydrogen) atoms. The van der Waals surface area contributed by atoms with Gasteiger partial charge < -0.3 is 10.5 Å². The average Bonchev–Trinajstić information content (AvgIpc) is 3.23. The zero-order chi connectivity index (χ0) is 24.7. The lowest BCUT2D eigenvalue weighted by Gasteiger charge is -2.12. The van der Waals surface area contributed by atoms with Crippen molar-refractivity contribution in [3.8, 4) is 0 Å². The summed E-state index contributed by atoms with van der Waals surface area (Å²) in [4.78, 5) is 43.2. The van der Waals surface area contributed by atoms with Crippen molar-refractivity contribution in [1.82, 2.24) is 9.55 Å². The van der Waals surface area contributed by atoms with E-state index in [9.17, 15) is 14.4 Å². The molecule has 0 amide bonds. The van der Waals surface area contributed by atoms with Crippen LogP contribution in [-0.2, 0) is 20.9 Å². The fraction of sp³-hybridized carbons (Fsp3) is 0.250. The first kappa shape index (κ1) is 26.1. The van der Waals surface area contributed by atoms with Gasteiger partial charge in [0.25, 0.3) is 5.56 Å². The third-order valence-corrected chi connectivity index (χ3v) is 6.64. The summed E-state index contributed by atoms with van der Waals surface area (Å²) < 4.78 is 6.48. The van der Waals surface area contributed by atoms with Gasteiger partial charge >= 0.3 is 5.97 Å². The van der Waals surface area contributed by atoms with Gasteiger partial charge in [-0.3, -0.25) is 14.2 Å². The van der Waals surface area contributed by atoms with Crippen LogP contribution in [0.3, 0.4) is 0 Å². The molecule has 0 spiro atoms. The van der Waals surface area contributed by atoms with Crippen LogP contribution in [0.1, 0.15) is 26.3 Å². The lowest BCUT2D eigenvalue weighted by Crippen LogP contribution is -2.24. The summed E-state index contributed by atoms with van der Waals surface area (Å²) in [6.07, 6.45) is 4.74. The Bertz CT molecular complexity index is 1250. The standard InChI is InChI=1S/C24H27N3O4S2/c1-7-11-27-22(29)19-17(14(5)8-2)12-32-21(19)26-24(27)33-13-18(28)20(25)15(6)16(9-3)23(30)31-10-4/h7-9,12H,1-2,5,10-11,13,25H2,3-4,6H3/b16-9-,20-15-. The summed E-state index contributed by atoms with van der Waals surface area (Å²) in [7, 11) is 0. The van der Waals surface area contributed by atoms with E-state index >= 15 is 0 Å². The highest BCUT2D eigenvalue weighted by molar-refractivity contribution is 7.99. The number of ether oxygens (including phenoxy) is 1. The molecule has 0 unspecified atom stereocenters. The zero-order valence-corrected chi connectivity index (χ0v) is 20.6. The average molecular weight is 486 g/mol. The Morgan fingerprint density at radius 3 is 2.64 bits per heavy atom. The van der Waals surface area contributed by atoms with Crippen molar-refractivity contribution in [2.45, 2.75) is 32.5 Å². The lowest BCUT2D eigenvalue weighted by atomic mass is 10.0. The number of hydrogen-bond donors (Lipinski definition) is 1. The van der Waals surface area contributed by atoms with Gasteiger partial charge in [-0.05, 0) is 31.9 Å². The minimum Gasteiger partial charge on any atom is -0.462 e. The first-order valence-corrected chi connectivity index (χ1v) is 12.0. The van der Waals surface area contributed by atoms with Gasteiger partial charge in [0.15, 0.2) is 10.9 Å². The Kier molecular flexibility index (Phi) is 9.19. The molecule has 0 radical (unpaired) electrons. The number of ketones is 1. The molecule has 2 N–H and O–H groups in total. The van der Waals surface area contributed by atoms with Crippen molar-refractivity contribution >= 4 is 50.6 Å². The normalized spacial score (nSPS) is 12.3. The number of carbonyl (C=O) groups excluding carboxylic acids is 2. The van der Waals surface area contributed by atoms with Gasteiger partial charge in [-0.1, -0.05) is 43.1 Å². The van der Waals surface area contributed by atoms with Crippen LogP contribution in [0.4, 0.5) is 0 Å². The molecule has 0 saturated carbocycles. The summed E-state index contributed by atoms with van der Waals surface area (Å²) >= 11 is 2.42. The van der Waals surface area contributed by atoms with E-state index in [1.807, 2.05) is 5.38 Å². The number of hydrogen-bond acceptors (Lipinski definition) is 8. The molecule has 2 rings (SSSR count). The maximum Gasteiger partial charge on any atom is 0.338 e. The molecule has 0 bridgehead atoms. The molecule has 0 aromatic carbocycles. The number of Topliss-reactive ketones (excluding diaryl/α,β-unsaturated/α-hetero) is 1. The van der Waals surface area contributed by atoms with E-state index in [-0.39, 0.29) is 41.5 Å². The van der Waals surface area contributed by atoms with E-state index in [4.69, 9.17) is 10.5 Å². The third-order valence-electron chi connectivity index (χ3n) is 4.79. The second kappa shape index (κ2) is 11.6. The van der Waals surface area contributed by atoms with Crippen molar-refractivity contribution in [2.24, 2.45) is 5.73 Å². The SMILES string of the molecule is C=CCn1c(SCC(=O)/C(N)=C(C)/C(=C/C)C(=O)OCC)nc2scc(C(=C)C=C)c2c1=O. The van der Waals surface area contributed by atoms with Crippen molar-refractivity contribution in [1.29, 1.82) is 0 Å². The van der Waals surface area contributed by atoms with E-state index < -0.39 is 5.97 Å². The van der Waals surface area contributed by atoms with Gasteiger partial charge in [0.05, 0.1) is 29.0 Å². The van der Waals surface area contributed by atoms with E-state index in [1.165, 1.54) is 15.9 Å². The van der Waals surface area contributed by atoms with Crippen LogP contribution in [0.2, 0.25) is 0 Å². The van der Waals surface area contributed by atoms with Crippen LogP contribution < -0.4 is 11.3 Å². The number of aromatic nitrogens is 2. The highest BCUT2D eigenvalue weighted by Gasteiger charge is 2.20. The molecule has 9 heteroatoms. The lowest BCUT2D eigenvalue weighted by molar-refractivity contribution is -0.138. The van der Waals surface area contributed by atoms with Crippen LogP contribution in [0.25, 0.3) is 15.8 Å². The molecule has 0 fully saturated rings. The van der Waals surface area contributed by atoms with Crippen molar-refractivity contribution < 1.29 is 14.3 Å². The van der Waals surface area contributed by atoms with Crippen LogP contribution in [-0.4, -0.2) is 33.7 Å². The highest BCUT2D eigenvalue weighted by atomic mass is 32.2. The van der Waals surface area contributed by atoms with Crippen molar-refractivity contribution in [2.75, 3.05) is 12.4 Å². The second-order valence-electron chi connectivity index (χ2n) is 6.83. The van der Waals surface area contributed by atoms with E-state index in [0.717, 1.165) is 11.8 Å². The van der Waals surface area contributed by atoms with Crippen LogP contribution >= 0.6 is 23.1 Å². The molecule has 2 heterocycles. The molecular weight excluding hydrogens is 458 g/mol. The molecule has 0 aliphatic rings. The Morgan fingerprint density at radius 1 is 1.36 bits per heavy atom. The molecular formula is C24H27N3O4S2. The fourth-order valence-corrected chi connectivity index (χ4v) is 4.91. The maximum absolute atomic E-state index is 13.2. The maximum atomic E-state index is 13.2. The number of thiophene rings is 1. The van der Waals surface area contributed by atoms with Gasteiger partial charge in [0.1, 0.15) is 4.83 Å². The number of esters is 1. The summed E-state index contributed by atoms with van der Waals surface area (Å²) in [5.41, 5.74) is 7.68. The minimum absolute atomic E-state index is 0.0389. The quantitative estimate of drug-likeness (QED) is 0.127. The number of thioether (sulfide) groups is 1. The van der Waals surface area contributed by atoms with Gasteiger partial charge in [0, 0.05) is 17.5 Å². The predicted octanol–water partition coefficient (Wildman–Crippen LogP) is 4.25. The molecule has 0 aliphatic heterocycles. The Balaban J connectivity index is 2.40. The van der Waals surface area contributed by atoms with Crippen molar-refractivity contribution in [3.05, 3.63) is 76.1 Å². The first-order chi connectivity index (χ1) is 15.7. The first-order valence-electron chi connectivity index (χ1n) is 10.1. The zero-order valence-electron chi connectivity index (χ0n) is 19.0. The number of fused-ring (bicyclic) bond motifs is 1. The Labute approximate surface area is 201 Å². The predicted molar refractivity (Wildman–Crippen MR) is 136 cm³/mol. The van der Waals surface area contributed by atoms with Gasteiger partial charge in [-0.2, -0.15) is 0 Å². The fourth-order valence-electron chi connectivity index (χ4n) is 3.01. The molecule has 2 aromatic heterocycles. The molecule has 0 aliphatic carbocycles. The summed E-state index contributed by atoms with van der Waals surface area (Å²) in [5, 5.41) is 2.66. The number of nitrogens with two attached hydrogens (primary N) is 1. The van der Waals surface area contributed by atoms with Gasteiger partial charge in [0.2, 0.25) is 0 Å². The Morgan fingerprint density at radius 2 is 2.06 bits per heavy atom. The smallest absolute Gasteiger partial charge is 0.338 e. The minimum atomic E-state index is -0.539. The van der Waals surface area contributed by atoms with Crippen molar-refractivity contribution in [3.63, 3.8) is 0 Å². The highest BCUT2D eigenvalue weighted by Crippen LogP contribution is 2.29. The van der Waals surface area contributed by atoms with Crippen LogP contribution in [0.5, 0.6) is 0 Å². The van der Waals surface area contributed by atoms with Gasteiger partial charge in [-0.15, -0.1) is 17.9 Å². The van der Waals surface area contributed by atoms with Crippen LogP contribution in [0.15, 0.2) is 70.1 Å². The Hall–Kier alpha value is -3.17. The second-order valence-corrected chi connectivity index (χ2v) is 8.63. The molecule has 174 valence electrons. The molecule has 0 saturated heterocycles. The van der Waals surface area contributed by atoms with E-state index in [2.05, 4.69) is 24.7 Å². The van der Waals surface area contributed by atoms with Crippen LogP contribution in [0, 0.1) is 0 Å².